The fourth-order valence-electron chi connectivity index (χ4n) is 2.27. The van der Waals surface area contributed by atoms with Crippen molar-refractivity contribution in [1.29, 1.82) is 0 Å². The molecule has 0 radical (unpaired) electrons. The zero-order valence-electron chi connectivity index (χ0n) is 13.7. The van der Waals surface area contributed by atoms with E-state index in [1.165, 1.54) is 23.9 Å². The van der Waals surface area contributed by atoms with Crippen LogP contribution in [0.25, 0.3) is 0 Å². The van der Waals surface area contributed by atoms with Crippen LogP contribution in [0.2, 0.25) is 0 Å². The van der Waals surface area contributed by atoms with Gasteiger partial charge in [0.1, 0.15) is 5.82 Å². The molecule has 0 saturated heterocycles. The average Bonchev–Trinajstić information content (AvgIpc) is 2.49. The SMILES string of the molecule is CC(C)(C)c1ccccc1NC(=O)CSCc1ccc(F)cc1. The first kappa shape index (κ1) is 17.5. The number of hydrogen-bond acceptors (Lipinski definition) is 2. The molecule has 0 saturated carbocycles. The van der Waals surface area contributed by atoms with Crippen molar-refractivity contribution in [2.45, 2.75) is 31.9 Å². The van der Waals surface area contributed by atoms with E-state index in [-0.39, 0.29) is 17.1 Å². The number of hydrogen-bond donors (Lipinski definition) is 1. The second kappa shape index (κ2) is 7.64. The summed E-state index contributed by atoms with van der Waals surface area (Å²) in [6, 6.07) is 14.3. The lowest BCUT2D eigenvalue weighted by molar-refractivity contribution is -0.113. The van der Waals surface area contributed by atoms with Gasteiger partial charge in [0, 0.05) is 11.4 Å². The molecule has 4 heteroatoms. The third-order valence-corrected chi connectivity index (χ3v) is 4.43. The maximum Gasteiger partial charge on any atom is 0.234 e. The molecule has 2 nitrogen and oxygen atoms in total. The monoisotopic (exact) mass is 331 g/mol. The maximum atomic E-state index is 12.8. The summed E-state index contributed by atoms with van der Waals surface area (Å²) in [6.45, 7) is 6.38. The predicted octanol–water partition coefficient (Wildman–Crippen LogP) is 5.00. The minimum absolute atomic E-state index is 0.0196. The zero-order chi connectivity index (χ0) is 16.9. The number of carbonyl (C=O) groups is 1. The van der Waals surface area contributed by atoms with Gasteiger partial charge in [-0.2, -0.15) is 0 Å². The van der Waals surface area contributed by atoms with Crippen LogP contribution in [0.4, 0.5) is 10.1 Å². The molecule has 1 amide bonds. The topological polar surface area (TPSA) is 29.1 Å². The second-order valence-electron chi connectivity index (χ2n) is 6.46. The molecule has 0 fully saturated rings. The van der Waals surface area contributed by atoms with Gasteiger partial charge in [-0.1, -0.05) is 51.1 Å². The molecule has 0 spiro atoms. The number of amides is 1. The van der Waals surface area contributed by atoms with Gasteiger partial charge in [-0.3, -0.25) is 4.79 Å². The molecule has 0 aromatic heterocycles. The first-order chi connectivity index (χ1) is 10.9. The Labute approximate surface area is 141 Å². The second-order valence-corrected chi connectivity index (χ2v) is 7.45. The molecule has 122 valence electrons. The van der Waals surface area contributed by atoms with Crippen molar-refractivity contribution < 1.29 is 9.18 Å². The van der Waals surface area contributed by atoms with E-state index in [0.717, 1.165) is 16.8 Å². The van der Waals surface area contributed by atoms with Gasteiger partial charge < -0.3 is 5.32 Å². The molecule has 0 unspecified atom stereocenters. The number of benzene rings is 2. The Hall–Kier alpha value is -1.81. The van der Waals surface area contributed by atoms with E-state index in [4.69, 9.17) is 0 Å². The summed E-state index contributed by atoms with van der Waals surface area (Å²) >= 11 is 1.52. The molecule has 23 heavy (non-hydrogen) atoms. The van der Waals surface area contributed by atoms with Crippen LogP contribution in [-0.2, 0) is 16.0 Å². The molecule has 0 aliphatic heterocycles. The van der Waals surface area contributed by atoms with Crippen molar-refractivity contribution in [2.24, 2.45) is 0 Å². The minimum Gasteiger partial charge on any atom is -0.325 e. The summed E-state index contributed by atoms with van der Waals surface area (Å²) in [4.78, 5) is 12.1. The molecule has 1 N–H and O–H groups in total. The van der Waals surface area contributed by atoms with Crippen LogP contribution in [0.15, 0.2) is 48.5 Å². The van der Waals surface area contributed by atoms with Gasteiger partial charge in [-0.05, 0) is 34.7 Å². The highest BCUT2D eigenvalue weighted by Gasteiger charge is 2.18. The van der Waals surface area contributed by atoms with Crippen LogP contribution in [0.5, 0.6) is 0 Å². The smallest absolute Gasteiger partial charge is 0.234 e. The Morgan fingerprint density at radius 1 is 1.09 bits per heavy atom. The lowest BCUT2D eigenvalue weighted by Gasteiger charge is -2.23. The Balaban J connectivity index is 1.89. The number of nitrogens with one attached hydrogen (secondary N) is 1. The third-order valence-electron chi connectivity index (χ3n) is 3.42. The van der Waals surface area contributed by atoms with Crippen LogP contribution in [-0.4, -0.2) is 11.7 Å². The third kappa shape index (κ3) is 5.39. The van der Waals surface area contributed by atoms with E-state index in [1.807, 2.05) is 24.3 Å². The Morgan fingerprint density at radius 3 is 2.39 bits per heavy atom. The Bertz CT molecular complexity index is 662. The molecule has 0 aliphatic rings. The minimum atomic E-state index is -0.240. The van der Waals surface area contributed by atoms with Gasteiger partial charge in [-0.15, -0.1) is 11.8 Å². The largest absolute Gasteiger partial charge is 0.325 e. The van der Waals surface area contributed by atoms with Crippen molar-refractivity contribution in [3.8, 4) is 0 Å². The van der Waals surface area contributed by atoms with Crippen LogP contribution < -0.4 is 5.32 Å². The molecule has 2 aromatic rings. The van der Waals surface area contributed by atoms with E-state index >= 15 is 0 Å². The molecular formula is C19H22FNOS. The number of rotatable bonds is 5. The van der Waals surface area contributed by atoms with Gasteiger partial charge >= 0.3 is 0 Å². The summed E-state index contributed by atoms with van der Waals surface area (Å²) in [5, 5.41) is 2.99. The van der Waals surface area contributed by atoms with Crippen molar-refractivity contribution >= 4 is 23.4 Å². The normalized spacial score (nSPS) is 11.3. The number of para-hydroxylation sites is 1. The lowest BCUT2D eigenvalue weighted by Crippen LogP contribution is -2.19. The standard InChI is InChI=1S/C19H22FNOS/c1-19(2,3)16-6-4-5-7-17(16)21-18(22)13-23-12-14-8-10-15(20)11-9-14/h4-11H,12-13H2,1-3H3,(H,21,22). The number of thioether (sulfide) groups is 1. The molecule has 2 aromatic carbocycles. The van der Waals surface area contributed by atoms with Crippen molar-refractivity contribution in [1.82, 2.24) is 0 Å². The van der Waals surface area contributed by atoms with Gasteiger partial charge in [-0.25, -0.2) is 4.39 Å². The highest BCUT2D eigenvalue weighted by molar-refractivity contribution is 7.99. The lowest BCUT2D eigenvalue weighted by atomic mass is 9.86. The van der Waals surface area contributed by atoms with Crippen molar-refractivity contribution in [3.05, 3.63) is 65.5 Å². The van der Waals surface area contributed by atoms with Crippen LogP contribution in [0.3, 0.4) is 0 Å². The molecule has 0 aliphatic carbocycles. The fraction of sp³-hybridized carbons (Fsp3) is 0.316. The van der Waals surface area contributed by atoms with Crippen molar-refractivity contribution in [2.75, 3.05) is 11.1 Å². The van der Waals surface area contributed by atoms with E-state index in [2.05, 4.69) is 26.1 Å². The Kier molecular flexibility index (Phi) is 5.83. The molecule has 2 rings (SSSR count). The number of halogens is 1. The van der Waals surface area contributed by atoms with E-state index in [9.17, 15) is 9.18 Å². The van der Waals surface area contributed by atoms with Crippen LogP contribution in [0.1, 0.15) is 31.9 Å². The number of carbonyl (C=O) groups excluding carboxylic acids is 1. The highest BCUT2D eigenvalue weighted by Crippen LogP contribution is 2.29. The summed E-state index contributed by atoms with van der Waals surface area (Å²) in [6.07, 6.45) is 0. The summed E-state index contributed by atoms with van der Waals surface area (Å²) < 4.78 is 12.8. The summed E-state index contributed by atoms with van der Waals surface area (Å²) in [5.41, 5.74) is 2.98. The average molecular weight is 331 g/mol. The first-order valence-electron chi connectivity index (χ1n) is 7.58. The van der Waals surface area contributed by atoms with E-state index < -0.39 is 0 Å². The molecule has 0 atom stereocenters. The van der Waals surface area contributed by atoms with Crippen LogP contribution >= 0.6 is 11.8 Å². The van der Waals surface area contributed by atoms with Gasteiger partial charge in [0.25, 0.3) is 0 Å². The van der Waals surface area contributed by atoms with Gasteiger partial charge in [0.05, 0.1) is 5.75 Å². The predicted molar refractivity (Wildman–Crippen MR) is 96.3 cm³/mol. The molecule has 0 bridgehead atoms. The quantitative estimate of drug-likeness (QED) is 0.836. The van der Waals surface area contributed by atoms with Gasteiger partial charge in [0.15, 0.2) is 0 Å². The fourth-order valence-corrected chi connectivity index (χ4v) is 3.06. The number of anilines is 1. The highest BCUT2D eigenvalue weighted by atomic mass is 32.2. The van der Waals surface area contributed by atoms with Crippen molar-refractivity contribution in [3.63, 3.8) is 0 Å². The zero-order valence-corrected chi connectivity index (χ0v) is 14.5. The van der Waals surface area contributed by atoms with Gasteiger partial charge in [0.2, 0.25) is 5.91 Å². The molecular weight excluding hydrogens is 309 g/mol. The van der Waals surface area contributed by atoms with E-state index in [0.29, 0.717) is 11.5 Å². The Morgan fingerprint density at radius 2 is 1.74 bits per heavy atom. The molecule has 0 heterocycles. The summed E-state index contributed by atoms with van der Waals surface area (Å²) in [7, 11) is 0. The van der Waals surface area contributed by atoms with E-state index in [1.54, 1.807) is 12.1 Å². The van der Waals surface area contributed by atoms with Crippen LogP contribution in [0, 0.1) is 5.82 Å². The first-order valence-corrected chi connectivity index (χ1v) is 8.73. The maximum absolute atomic E-state index is 12.8. The summed E-state index contributed by atoms with van der Waals surface area (Å²) in [5.74, 6) is 0.800.